The lowest BCUT2D eigenvalue weighted by Gasteiger charge is -2.42. The molecule has 2 N–H and O–H groups in total. The van der Waals surface area contributed by atoms with Crippen molar-refractivity contribution in [3.63, 3.8) is 0 Å². The van der Waals surface area contributed by atoms with Gasteiger partial charge in [-0.15, -0.1) is 0 Å². The summed E-state index contributed by atoms with van der Waals surface area (Å²) in [4.78, 5) is 2.43. The number of alkyl halides is 6. The first-order valence-corrected chi connectivity index (χ1v) is 10.6. The van der Waals surface area contributed by atoms with Crippen molar-refractivity contribution in [2.24, 2.45) is 0 Å². The van der Waals surface area contributed by atoms with Gasteiger partial charge in [0.15, 0.2) is 5.11 Å². The molecule has 2 fully saturated rings. The van der Waals surface area contributed by atoms with E-state index < -0.39 is 23.5 Å². The van der Waals surface area contributed by atoms with E-state index in [0.29, 0.717) is 12.1 Å². The second-order valence-electron chi connectivity index (χ2n) is 7.95. The van der Waals surface area contributed by atoms with Crippen molar-refractivity contribution < 1.29 is 26.3 Å². The largest absolute Gasteiger partial charge is 0.416 e. The quantitative estimate of drug-likeness (QED) is 0.446. The van der Waals surface area contributed by atoms with Crippen LogP contribution in [0.2, 0.25) is 0 Å². The van der Waals surface area contributed by atoms with Crippen LogP contribution >= 0.6 is 12.2 Å². The minimum absolute atomic E-state index is 0.0183. The smallest absolute Gasteiger partial charge is 0.358 e. The summed E-state index contributed by atoms with van der Waals surface area (Å²) in [7, 11) is 0. The van der Waals surface area contributed by atoms with E-state index in [4.69, 9.17) is 12.2 Å². The molecule has 1 heterocycles. The highest BCUT2D eigenvalue weighted by molar-refractivity contribution is 7.80. The Hall–Kier alpha value is -1.55. The minimum atomic E-state index is -4.89. The summed E-state index contributed by atoms with van der Waals surface area (Å²) in [6.45, 7) is 2.01. The van der Waals surface area contributed by atoms with Gasteiger partial charge in [0.1, 0.15) is 0 Å². The minimum Gasteiger partial charge on any atom is -0.358 e. The SMILES string of the molecule is FC(F)(F)c1cc(NC(=S)N[C@H]2CCCC[C@@H]2N2CCCCC2)cc(C(F)(F)F)c1. The third kappa shape index (κ3) is 6.00. The average Bonchev–Trinajstić information content (AvgIpc) is 2.67. The average molecular weight is 453 g/mol. The number of likely N-dealkylation sites (tertiary alicyclic amines) is 1. The van der Waals surface area contributed by atoms with E-state index in [0.717, 1.165) is 51.6 Å². The number of nitrogens with zero attached hydrogens (tertiary/aromatic N) is 1. The summed E-state index contributed by atoms with van der Waals surface area (Å²) in [5.74, 6) is 0. The fourth-order valence-corrected chi connectivity index (χ4v) is 4.60. The highest BCUT2D eigenvalue weighted by atomic mass is 32.1. The van der Waals surface area contributed by atoms with Gasteiger partial charge in [0, 0.05) is 17.8 Å². The molecule has 1 aromatic rings. The van der Waals surface area contributed by atoms with Crippen molar-refractivity contribution in [3.05, 3.63) is 29.3 Å². The van der Waals surface area contributed by atoms with Crippen LogP contribution in [0.1, 0.15) is 56.1 Å². The fourth-order valence-electron chi connectivity index (χ4n) is 4.33. The number of halogens is 6. The normalized spacial score (nSPS) is 23.8. The Balaban J connectivity index is 1.73. The van der Waals surface area contributed by atoms with Crippen LogP contribution in [0.15, 0.2) is 18.2 Å². The van der Waals surface area contributed by atoms with E-state index in [1.54, 1.807) is 0 Å². The van der Waals surface area contributed by atoms with E-state index in [-0.39, 0.29) is 28.9 Å². The Morgan fingerprint density at radius 2 is 1.40 bits per heavy atom. The molecule has 0 unspecified atom stereocenters. The van der Waals surface area contributed by atoms with Crippen LogP contribution in [0.4, 0.5) is 32.0 Å². The van der Waals surface area contributed by atoms with E-state index in [1.165, 1.54) is 6.42 Å². The first kappa shape index (κ1) is 23.1. The molecule has 0 radical (unpaired) electrons. The van der Waals surface area contributed by atoms with Gasteiger partial charge in [-0.1, -0.05) is 19.3 Å². The van der Waals surface area contributed by atoms with Crippen molar-refractivity contribution in [1.82, 2.24) is 10.2 Å². The van der Waals surface area contributed by atoms with E-state index in [2.05, 4.69) is 15.5 Å². The molecule has 2 aliphatic rings. The zero-order chi connectivity index (χ0) is 21.9. The fraction of sp³-hybridized carbons (Fsp3) is 0.650. The lowest BCUT2D eigenvalue weighted by atomic mass is 9.88. The molecular weight excluding hydrogens is 428 g/mol. The van der Waals surface area contributed by atoms with Crippen LogP contribution in [0.3, 0.4) is 0 Å². The highest BCUT2D eigenvalue weighted by Crippen LogP contribution is 2.37. The van der Waals surface area contributed by atoms with Crippen molar-refractivity contribution in [1.29, 1.82) is 0 Å². The van der Waals surface area contributed by atoms with E-state index in [1.807, 2.05) is 0 Å². The second-order valence-corrected chi connectivity index (χ2v) is 8.36. The van der Waals surface area contributed by atoms with Crippen LogP contribution < -0.4 is 10.6 Å². The van der Waals surface area contributed by atoms with Crippen molar-refractivity contribution in [2.75, 3.05) is 18.4 Å². The molecule has 3 nitrogen and oxygen atoms in total. The Labute approximate surface area is 177 Å². The molecule has 0 bridgehead atoms. The first-order valence-electron chi connectivity index (χ1n) is 10.1. The van der Waals surface area contributed by atoms with Gasteiger partial charge in [-0.25, -0.2) is 0 Å². The molecule has 168 valence electrons. The molecule has 1 aliphatic carbocycles. The van der Waals surface area contributed by atoms with Crippen molar-refractivity contribution in [3.8, 4) is 0 Å². The number of hydrogen-bond donors (Lipinski definition) is 2. The van der Waals surface area contributed by atoms with Gasteiger partial charge < -0.3 is 10.6 Å². The van der Waals surface area contributed by atoms with Crippen LogP contribution in [-0.4, -0.2) is 35.2 Å². The molecule has 1 saturated heterocycles. The third-order valence-corrected chi connectivity index (χ3v) is 5.97. The summed E-state index contributed by atoms with van der Waals surface area (Å²) in [6.07, 6.45) is -2.34. The van der Waals surface area contributed by atoms with Gasteiger partial charge in [0.2, 0.25) is 0 Å². The monoisotopic (exact) mass is 453 g/mol. The molecule has 30 heavy (non-hydrogen) atoms. The summed E-state index contributed by atoms with van der Waals surface area (Å²) < 4.78 is 78.3. The molecule has 1 aliphatic heterocycles. The Morgan fingerprint density at radius 3 is 1.97 bits per heavy atom. The van der Waals surface area contributed by atoms with Crippen LogP contribution in [-0.2, 0) is 12.4 Å². The number of thiocarbonyl (C=S) groups is 1. The zero-order valence-corrected chi connectivity index (χ0v) is 17.2. The number of piperidine rings is 1. The Kier molecular flexibility index (Phi) is 7.16. The summed E-state index contributed by atoms with van der Waals surface area (Å²) in [5.41, 5.74) is -3.07. The number of benzene rings is 1. The van der Waals surface area contributed by atoms with E-state index in [9.17, 15) is 26.3 Å². The van der Waals surface area contributed by atoms with Gasteiger partial charge in [0.25, 0.3) is 0 Å². The van der Waals surface area contributed by atoms with Crippen LogP contribution in [0.5, 0.6) is 0 Å². The molecule has 10 heteroatoms. The number of hydrogen-bond acceptors (Lipinski definition) is 2. The molecule has 3 rings (SSSR count). The Bertz CT molecular complexity index is 711. The van der Waals surface area contributed by atoms with Gasteiger partial charge in [-0.05, 0) is 69.2 Å². The lowest BCUT2D eigenvalue weighted by Crippen LogP contribution is -2.55. The predicted octanol–water partition coefficient (Wildman–Crippen LogP) is 5.81. The number of anilines is 1. The van der Waals surface area contributed by atoms with E-state index >= 15 is 0 Å². The zero-order valence-electron chi connectivity index (χ0n) is 16.4. The van der Waals surface area contributed by atoms with Gasteiger partial charge in [0.05, 0.1) is 11.1 Å². The molecule has 0 aromatic heterocycles. The van der Waals surface area contributed by atoms with Gasteiger partial charge in [-0.2, -0.15) is 26.3 Å². The predicted molar refractivity (Wildman–Crippen MR) is 107 cm³/mol. The topological polar surface area (TPSA) is 27.3 Å². The highest BCUT2D eigenvalue weighted by Gasteiger charge is 2.37. The standard InChI is InChI=1S/C20H25F6N3S/c21-19(22,23)13-10-14(20(24,25)26)12-15(11-13)27-18(30)28-16-6-2-3-7-17(16)29-8-4-1-5-9-29/h10-12,16-17H,1-9H2,(H2,27,28,30)/t16-,17-/m0/s1. The van der Waals surface area contributed by atoms with Crippen molar-refractivity contribution >= 4 is 23.0 Å². The first-order chi connectivity index (χ1) is 14.0. The maximum atomic E-state index is 13.1. The molecule has 2 atom stereocenters. The third-order valence-electron chi connectivity index (χ3n) is 5.75. The summed E-state index contributed by atoms with van der Waals surface area (Å²) in [5, 5.41) is 5.73. The number of rotatable bonds is 3. The lowest BCUT2D eigenvalue weighted by molar-refractivity contribution is -0.143. The maximum absolute atomic E-state index is 13.1. The second kappa shape index (κ2) is 9.30. The van der Waals surface area contributed by atoms with Crippen molar-refractivity contribution in [2.45, 2.75) is 69.4 Å². The van der Waals surface area contributed by atoms with Gasteiger partial charge >= 0.3 is 12.4 Å². The van der Waals surface area contributed by atoms with Crippen LogP contribution in [0, 0.1) is 0 Å². The Morgan fingerprint density at radius 1 is 0.833 bits per heavy atom. The molecule has 0 amide bonds. The summed E-state index contributed by atoms with van der Waals surface area (Å²) in [6, 6.07) is 1.68. The molecule has 0 spiro atoms. The molecular formula is C20H25F6N3S. The van der Waals surface area contributed by atoms with Crippen LogP contribution in [0.25, 0.3) is 0 Å². The molecule has 1 saturated carbocycles. The van der Waals surface area contributed by atoms with Gasteiger partial charge in [-0.3, -0.25) is 4.90 Å². The summed E-state index contributed by atoms with van der Waals surface area (Å²) >= 11 is 5.24. The molecule has 1 aromatic carbocycles. The number of nitrogens with one attached hydrogen (secondary N) is 2. The maximum Gasteiger partial charge on any atom is 0.416 e.